The summed E-state index contributed by atoms with van der Waals surface area (Å²) in [6, 6.07) is 7.06. The molecule has 1 aromatic rings. The molecule has 3 amide bonds. The van der Waals surface area contributed by atoms with E-state index in [1.54, 1.807) is 18.2 Å². The standard InChI is InChI=1S/C12H12N2O3/c1-8-3-2-4-9(5-8)12(17)14-6-10(15)13-11(16)7-14/h2-5H,6-7H2,1H3,(H,13,15,16). The second-order valence-electron chi connectivity index (χ2n) is 4.00. The van der Waals surface area contributed by atoms with E-state index in [9.17, 15) is 14.4 Å². The topological polar surface area (TPSA) is 66.5 Å². The molecule has 0 aromatic heterocycles. The second-order valence-corrected chi connectivity index (χ2v) is 4.00. The fraction of sp³-hybridized carbons (Fsp3) is 0.250. The number of hydrogen-bond donors (Lipinski definition) is 1. The first kappa shape index (κ1) is 11.3. The molecule has 5 nitrogen and oxygen atoms in total. The zero-order valence-corrected chi connectivity index (χ0v) is 9.40. The highest BCUT2D eigenvalue weighted by Gasteiger charge is 2.26. The molecular weight excluding hydrogens is 220 g/mol. The maximum atomic E-state index is 12.0. The van der Waals surface area contributed by atoms with Crippen LogP contribution in [0, 0.1) is 6.92 Å². The minimum Gasteiger partial charge on any atom is -0.320 e. The first-order valence-electron chi connectivity index (χ1n) is 5.25. The van der Waals surface area contributed by atoms with Crippen LogP contribution in [0.1, 0.15) is 15.9 Å². The van der Waals surface area contributed by atoms with E-state index >= 15 is 0 Å². The van der Waals surface area contributed by atoms with Crippen molar-refractivity contribution in [3.05, 3.63) is 35.4 Å². The lowest BCUT2D eigenvalue weighted by atomic mass is 10.1. The van der Waals surface area contributed by atoms with Gasteiger partial charge in [0, 0.05) is 5.56 Å². The molecule has 2 rings (SSSR count). The zero-order chi connectivity index (χ0) is 12.4. The number of nitrogens with one attached hydrogen (secondary N) is 1. The molecule has 0 bridgehead atoms. The number of benzene rings is 1. The number of hydrogen-bond acceptors (Lipinski definition) is 3. The molecule has 5 heteroatoms. The van der Waals surface area contributed by atoms with E-state index < -0.39 is 11.8 Å². The summed E-state index contributed by atoms with van der Waals surface area (Å²) in [6.07, 6.45) is 0. The molecule has 0 aliphatic carbocycles. The predicted molar refractivity (Wildman–Crippen MR) is 60.2 cm³/mol. The number of aryl methyl sites for hydroxylation is 1. The fourth-order valence-electron chi connectivity index (χ4n) is 1.74. The Kier molecular flexibility index (Phi) is 2.91. The number of rotatable bonds is 1. The predicted octanol–water partition coefficient (Wildman–Crippen LogP) is 0.0936. The molecule has 0 saturated carbocycles. The Hall–Kier alpha value is -2.17. The Morgan fingerprint density at radius 2 is 1.88 bits per heavy atom. The van der Waals surface area contributed by atoms with Crippen LogP contribution in [0.3, 0.4) is 0 Å². The lowest BCUT2D eigenvalue weighted by molar-refractivity contribution is -0.135. The summed E-state index contributed by atoms with van der Waals surface area (Å²) in [5, 5.41) is 2.16. The molecule has 1 N–H and O–H groups in total. The van der Waals surface area contributed by atoms with Crippen molar-refractivity contribution in [2.24, 2.45) is 0 Å². The summed E-state index contributed by atoms with van der Waals surface area (Å²) in [5.74, 6) is -1.18. The van der Waals surface area contributed by atoms with Gasteiger partial charge < -0.3 is 4.90 Å². The Labute approximate surface area is 98.4 Å². The van der Waals surface area contributed by atoms with Gasteiger partial charge in [0.25, 0.3) is 5.91 Å². The van der Waals surface area contributed by atoms with E-state index in [1.165, 1.54) is 4.90 Å². The van der Waals surface area contributed by atoms with Gasteiger partial charge in [0.2, 0.25) is 11.8 Å². The number of imide groups is 1. The smallest absolute Gasteiger partial charge is 0.254 e. The number of amides is 3. The Morgan fingerprint density at radius 3 is 2.47 bits per heavy atom. The normalized spacial score (nSPS) is 15.7. The highest BCUT2D eigenvalue weighted by atomic mass is 16.2. The molecule has 0 unspecified atom stereocenters. The van der Waals surface area contributed by atoms with Crippen LogP contribution in [-0.2, 0) is 9.59 Å². The summed E-state index contributed by atoms with van der Waals surface area (Å²) in [7, 11) is 0. The summed E-state index contributed by atoms with van der Waals surface area (Å²) < 4.78 is 0. The summed E-state index contributed by atoms with van der Waals surface area (Å²) in [4.78, 5) is 35.6. The maximum absolute atomic E-state index is 12.0. The van der Waals surface area contributed by atoms with Gasteiger partial charge in [0.15, 0.2) is 0 Å². The molecule has 1 aliphatic heterocycles. The number of carbonyl (C=O) groups excluding carboxylic acids is 3. The molecule has 17 heavy (non-hydrogen) atoms. The Bertz CT molecular complexity index is 480. The van der Waals surface area contributed by atoms with E-state index in [2.05, 4.69) is 5.32 Å². The van der Waals surface area contributed by atoms with E-state index in [-0.39, 0.29) is 19.0 Å². The molecule has 0 spiro atoms. The third-order valence-corrected chi connectivity index (χ3v) is 2.50. The van der Waals surface area contributed by atoms with Crippen LogP contribution < -0.4 is 5.32 Å². The van der Waals surface area contributed by atoms with Crippen LogP contribution in [0.2, 0.25) is 0 Å². The van der Waals surface area contributed by atoms with E-state index in [4.69, 9.17) is 0 Å². The first-order valence-corrected chi connectivity index (χ1v) is 5.25. The molecule has 0 radical (unpaired) electrons. The third kappa shape index (κ3) is 2.50. The van der Waals surface area contributed by atoms with Crippen LogP contribution in [0.4, 0.5) is 0 Å². The number of nitrogens with zero attached hydrogens (tertiary/aromatic N) is 1. The van der Waals surface area contributed by atoms with Crippen LogP contribution in [0.25, 0.3) is 0 Å². The highest BCUT2D eigenvalue weighted by Crippen LogP contribution is 2.08. The zero-order valence-electron chi connectivity index (χ0n) is 9.40. The van der Waals surface area contributed by atoms with E-state index in [0.717, 1.165) is 5.56 Å². The van der Waals surface area contributed by atoms with Crippen molar-refractivity contribution in [2.45, 2.75) is 6.92 Å². The highest BCUT2D eigenvalue weighted by molar-refractivity contribution is 6.05. The average Bonchev–Trinajstić information content (AvgIpc) is 2.26. The van der Waals surface area contributed by atoms with Crippen LogP contribution >= 0.6 is 0 Å². The molecule has 0 atom stereocenters. The maximum Gasteiger partial charge on any atom is 0.254 e. The van der Waals surface area contributed by atoms with Gasteiger partial charge in [-0.25, -0.2) is 0 Å². The van der Waals surface area contributed by atoms with Gasteiger partial charge in [0.05, 0.1) is 0 Å². The minimum atomic E-state index is -0.442. The van der Waals surface area contributed by atoms with Crippen molar-refractivity contribution < 1.29 is 14.4 Å². The number of carbonyl (C=O) groups is 3. The van der Waals surface area contributed by atoms with Gasteiger partial charge in [-0.05, 0) is 19.1 Å². The van der Waals surface area contributed by atoms with Crippen molar-refractivity contribution in [1.29, 1.82) is 0 Å². The average molecular weight is 232 g/mol. The monoisotopic (exact) mass is 232 g/mol. The van der Waals surface area contributed by atoms with Gasteiger partial charge in [-0.15, -0.1) is 0 Å². The summed E-state index contributed by atoms with van der Waals surface area (Å²) >= 11 is 0. The van der Waals surface area contributed by atoms with Crippen molar-refractivity contribution in [3.8, 4) is 0 Å². The van der Waals surface area contributed by atoms with Gasteiger partial charge >= 0.3 is 0 Å². The second kappa shape index (κ2) is 4.37. The Balaban J connectivity index is 2.20. The van der Waals surface area contributed by atoms with Gasteiger partial charge in [-0.1, -0.05) is 17.7 Å². The van der Waals surface area contributed by atoms with Crippen molar-refractivity contribution in [2.75, 3.05) is 13.1 Å². The molecule has 1 aromatic carbocycles. The lowest BCUT2D eigenvalue weighted by Crippen LogP contribution is -2.53. The lowest BCUT2D eigenvalue weighted by Gasteiger charge is -2.25. The van der Waals surface area contributed by atoms with Crippen molar-refractivity contribution in [3.63, 3.8) is 0 Å². The van der Waals surface area contributed by atoms with Crippen molar-refractivity contribution >= 4 is 17.7 Å². The van der Waals surface area contributed by atoms with Crippen LogP contribution in [-0.4, -0.2) is 35.7 Å². The van der Waals surface area contributed by atoms with Crippen LogP contribution in [0.15, 0.2) is 24.3 Å². The van der Waals surface area contributed by atoms with E-state index in [1.807, 2.05) is 13.0 Å². The van der Waals surface area contributed by atoms with E-state index in [0.29, 0.717) is 5.56 Å². The van der Waals surface area contributed by atoms with Gasteiger partial charge in [-0.3, -0.25) is 19.7 Å². The van der Waals surface area contributed by atoms with Gasteiger partial charge in [0.1, 0.15) is 13.1 Å². The molecule has 1 heterocycles. The number of piperazine rings is 1. The van der Waals surface area contributed by atoms with Crippen LogP contribution in [0.5, 0.6) is 0 Å². The van der Waals surface area contributed by atoms with Gasteiger partial charge in [-0.2, -0.15) is 0 Å². The minimum absolute atomic E-state index is 0.0709. The van der Waals surface area contributed by atoms with Crippen molar-refractivity contribution in [1.82, 2.24) is 10.2 Å². The summed E-state index contributed by atoms with van der Waals surface area (Å²) in [6.45, 7) is 1.74. The molecule has 1 aliphatic rings. The fourth-order valence-corrected chi connectivity index (χ4v) is 1.74. The molecule has 1 fully saturated rings. The molecular formula is C12H12N2O3. The Morgan fingerprint density at radius 1 is 1.24 bits per heavy atom. The largest absolute Gasteiger partial charge is 0.320 e. The molecule has 1 saturated heterocycles. The SMILES string of the molecule is Cc1cccc(C(=O)N2CC(=O)NC(=O)C2)c1. The third-order valence-electron chi connectivity index (χ3n) is 2.50. The quantitative estimate of drug-likeness (QED) is 0.698. The first-order chi connectivity index (χ1) is 8.06. The summed E-state index contributed by atoms with van der Waals surface area (Å²) in [5.41, 5.74) is 1.45. The molecule has 88 valence electrons.